The highest BCUT2D eigenvalue weighted by Gasteiger charge is 2.29. The van der Waals surface area contributed by atoms with E-state index in [-0.39, 0.29) is 43.4 Å². The molecule has 0 aliphatic carbocycles. The molecule has 0 saturated heterocycles. The van der Waals surface area contributed by atoms with Gasteiger partial charge in [-0.05, 0) is 38.5 Å². The highest BCUT2D eigenvalue weighted by molar-refractivity contribution is 5.67. The molecule has 0 unspecified atom stereocenters. The van der Waals surface area contributed by atoms with Gasteiger partial charge in [-0.2, -0.15) is 0 Å². The van der Waals surface area contributed by atoms with Gasteiger partial charge in [0.05, 0.1) is 45.4 Å². The van der Waals surface area contributed by atoms with Crippen molar-refractivity contribution in [2.24, 2.45) is 0 Å². The average molecular weight is 555 g/mol. The predicted molar refractivity (Wildman–Crippen MR) is 159 cm³/mol. The fourth-order valence-corrected chi connectivity index (χ4v) is 5.25. The van der Waals surface area contributed by atoms with Crippen molar-refractivity contribution in [1.29, 1.82) is 0 Å². The molecule has 39 heavy (non-hydrogen) atoms. The van der Waals surface area contributed by atoms with Gasteiger partial charge in [0.1, 0.15) is 0 Å². The molecule has 228 valence electrons. The third-order valence-electron chi connectivity index (χ3n) is 7.79. The van der Waals surface area contributed by atoms with Crippen LogP contribution < -0.4 is 0 Å². The zero-order valence-corrected chi connectivity index (χ0v) is 25.1. The van der Waals surface area contributed by atoms with Crippen LogP contribution in [-0.2, 0) is 14.4 Å². The lowest BCUT2D eigenvalue weighted by atomic mass is 10.0. The Morgan fingerprint density at radius 1 is 0.462 bits per heavy atom. The molecule has 0 fully saturated rings. The number of unbranched alkanes of at least 4 members (excludes halogenated alkanes) is 17. The molecule has 0 aliphatic rings. The zero-order chi connectivity index (χ0) is 29.0. The molecule has 0 amide bonds. The van der Waals surface area contributed by atoms with Gasteiger partial charge in [-0.15, -0.1) is 0 Å². The van der Waals surface area contributed by atoms with Crippen LogP contribution in [0.1, 0.15) is 148 Å². The molecular weight excluding hydrogens is 494 g/mol. The number of quaternary nitrogens is 1. The summed E-state index contributed by atoms with van der Waals surface area (Å²) in [5.74, 6) is -2.79. The lowest BCUT2D eigenvalue weighted by Gasteiger charge is -2.38. The molecular formula is C32H60NO6+. The smallest absolute Gasteiger partial charge is 0.309 e. The van der Waals surface area contributed by atoms with E-state index >= 15 is 0 Å². The van der Waals surface area contributed by atoms with Crippen molar-refractivity contribution in [2.75, 3.05) is 26.2 Å². The molecule has 0 bridgehead atoms. The number of carbonyl (C=O) groups is 3. The molecule has 0 aromatic carbocycles. The lowest BCUT2D eigenvalue weighted by molar-refractivity contribution is -0.927. The average Bonchev–Trinajstić information content (AvgIpc) is 2.90. The molecule has 0 heterocycles. The number of aliphatic carboxylic acids is 3. The monoisotopic (exact) mass is 554 g/mol. The van der Waals surface area contributed by atoms with E-state index in [0.717, 1.165) is 19.3 Å². The first kappa shape index (κ1) is 37.1. The summed E-state index contributed by atoms with van der Waals surface area (Å²) in [4.78, 5) is 33.4. The largest absolute Gasteiger partial charge is 0.481 e. The molecule has 3 N–H and O–H groups in total. The number of carboxylic acid groups (broad SMARTS) is 3. The summed E-state index contributed by atoms with van der Waals surface area (Å²) in [6.07, 6.45) is 28.5. The van der Waals surface area contributed by atoms with Crippen LogP contribution in [0.3, 0.4) is 0 Å². The molecule has 0 radical (unpaired) electrons. The lowest BCUT2D eigenvalue weighted by Crippen LogP contribution is -2.52. The van der Waals surface area contributed by atoms with Crippen LogP contribution in [0.2, 0.25) is 0 Å². The van der Waals surface area contributed by atoms with Gasteiger partial charge >= 0.3 is 17.9 Å². The summed E-state index contributed by atoms with van der Waals surface area (Å²) < 4.78 is 0.265. The maximum Gasteiger partial charge on any atom is 0.309 e. The van der Waals surface area contributed by atoms with Crippen LogP contribution >= 0.6 is 0 Å². The second kappa shape index (κ2) is 26.3. The first-order valence-corrected chi connectivity index (χ1v) is 16.0. The number of rotatable bonds is 30. The van der Waals surface area contributed by atoms with Gasteiger partial charge in [0.2, 0.25) is 0 Å². The van der Waals surface area contributed by atoms with Crippen LogP contribution in [-0.4, -0.2) is 63.9 Å². The van der Waals surface area contributed by atoms with E-state index in [4.69, 9.17) is 15.3 Å². The van der Waals surface area contributed by atoms with E-state index in [9.17, 15) is 14.4 Å². The van der Waals surface area contributed by atoms with E-state index in [1.54, 1.807) is 0 Å². The minimum absolute atomic E-state index is 0.0736. The molecule has 7 heteroatoms. The summed E-state index contributed by atoms with van der Waals surface area (Å²) in [6.45, 7) is 3.75. The number of nitrogens with zero attached hydrogens (tertiary/aromatic N) is 1. The van der Waals surface area contributed by atoms with Gasteiger partial charge in [0.25, 0.3) is 0 Å². The van der Waals surface area contributed by atoms with Crippen LogP contribution in [0.25, 0.3) is 0 Å². The standard InChI is InChI=1S/C32H59NO6/c1-2-3-4-5-6-7-8-9-10-11-12-13-14-15-16-17-18-19-20-21-22-26-33(27-23-30(34)35,28-24-31(36)37)29-25-32(38)39/h7-8H,2-6,9-29H2,1H3,(H2-,34,35,36,37,38,39)/p+1/b8-7+. The Morgan fingerprint density at radius 3 is 1.10 bits per heavy atom. The predicted octanol–water partition coefficient (Wildman–Crippen LogP) is 8.22. The van der Waals surface area contributed by atoms with Crippen LogP contribution in [0, 0.1) is 0 Å². The number of hydrogen-bond acceptors (Lipinski definition) is 3. The Bertz CT molecular complexity index is 603. The Labute approximate surface area is 238 Å². The van der Waals surface area contributed by atoms with Crippen molar-refractivity contribution in [3.8, 4) is 0 Å². The first-order valence-electron chi connectivity index (χ1n) is 16.0. The van der Waals surface area contributed by atoms with Gasteiger partial charge in [-0.1, -0.05) is 103 Å². The van der Waals surface area contributed by atoms with Gasteiger partial charge in [0.15, 0.2) is 0 Å². The Kier molecular flexibility index (Phi) is 25.1. The zero-order valence-electron chi connectivity index (χ0n) is 25.1. The van der Waals surface area contributed by atoms with E-state index in [1.807, 2.05) is 0 Å². The molecule has 0 saturated carbocycles. The number of hydrogen-bond donors (Lipinski definition) is 3. The Hall–Kier alpha value is -1.89. The Balaban J connectivity index is 3.86. The van der Waals surface area contributed by atoms with Crippen molar-refractivity contribution >= 4 is 17.9 Å². The van der Waals surface area contributed by atoms with Crippen LogP contribution in [0.15, 0.2) is 12.2 Å². The number of carboxylic acids is 3. The quantitative estimate of drug-likeness (QED) is 0.0468. The normalized spacial score (nSPS) is 11.8. The van der Waals surface area contributed by atoms with Crippen molar-refractivity contribution in [3.05, 3.63) is 12.2 Å². The van der Waals surface area contributed by atoms with E-state index in [0.29, 0.717) is 6.54 Å². The maximum atomic E-state index is 11.1. The summed E-state index contributed by atoms with van der Waals surface area (Å²) in [6, 6.07) is 0. The van der Waals surface area contributed by atoms with E-state index in [2.05, 4.69) is 19.1 Å². The second-order valence-electron chi connectivity index (χ2n) is 11.4. The fraction of sp³-hybridized carbons (Fsp3) is 0.844. The summed E-state index contributed by atoms with van der Waals surface area (Å²) in [5, 5.41) is 27.4. The highest BCUT2D eigenvalue weighted by atomic mass is 16.4. The van der Waals surface area contributed by atoms with Crippen LogP contribution in [0.5, 0.6) is 0 Å². The summed E-state index contributed by atoms with van der Waals surface area (Å²) in [7, 11) is 0. The minimum atomic E-state index is -0.931. The van der Waals surface area contributed by atoms with Crippen molar-refractivity contribution in [2.45, 2.75) is 148 Å². The van der Waals surface area contributed by atoms with Gasteiger partial charge in [-0.25, -0.2) is 0 Å². The van der Waals surface area contributed by atoms with Crippen LogP contribution in [0.4, 0.5) is 0 Å². The van der Waals surface area contributed by atoms with Crippen molar-refractivity contribution in [3.63, 3.8) is 0 Å². The molecule has 7 nitrogen and oxygen atoms in total. The van der Waals surface area contributed by atoms with E-state index < -0.39 is 17.9 Å². The summed E-state index contributed by atoms with van der Waals surface area (Å²) >= 11 is 0. The van der Waals surface area contributed by atoms with Crippen molar-refractivity contribution < 1.29 is 34.2 Å². The fourth-order valence-electron chi connectivity index (χ4n) is 5.25. The minimum Gasteiger partial charge on any atom is -0.481 e. The van der Waals surface area contributed by atoms with Gasteiger partial charge in [0, 0.05) is 0 Å². The molecule has 0 rings (SSSR count). The van der Waals surface area contributed by atoms with Gasteiger partial charge in [-0.3, -0.25) is 14.4 Å². The molecule has 0 spiro atoms. The maximum absolute atomic E-state index is 11.1. The molecule has 0 aliphatic heterocycles. The molecule has 0 atom stereocenters. The third-order valence-corrected chi connectivity index (χ3v) is 7.79. The molecule has 0 aromatic heterocycles. The number of allylic oxidation sites excluding steroid dienone is 2. The van der Waals surface area contributed by atoms with Gasteiger partial charge < -0.3 is 19.8 Å². The Morgan fingerprint density at radius 2 is 0.769 bits per heavy atom. The summed E-state index contributed by atoms with van der Waals surface area (Å²) in [5.41, 5.74) is 0. The topological polar surface area (TPSA) is 112 Å². The second-order valence-corrected chi connectivity index (χ2v) is 11.4. The third kappa shape index (κ3) is 26.1. The van der Waals surface area contributed by atoms with E-state index in [1.165, 1.54) is 103 Å². The molecule has 0 aromatic rings. The van der Waals surface area contributed by atoms with Crippen molar-refractivity contribution in [1.82, 2.24) is 0 Å². The first-order chi connectivity index (χ1) is 18.8. The SMILES string of the molecule is CCCCCC/C=C/CCCCCCCCCCCCCCC[N+](CCC(=O)O)(CCC(=O)O)CCC(=O)O. The highest BCUT2D eigenvalue weighted by Crippen LogP contribution is 2.17.